The van der Waals surface area contributed by atoms with Crippen molar-refractivity contribution in [3.8, 4) is 0 Å². The summed E-state index contributed by atoms with van der Waals surface area (Å²) in [6, 6.07) is 8.90. The molecule has 0 spiro atoms. The fourth-order valence-corrected chi connectivity index (χ4v) is 1.86. The maximum atomic E-state index is 12.8. The van der Waals surface area contributed by atoms with Crippen LogP contribution in [0.3, 0.4) is 0 Å². The van der Waals surface area contributed by atoms with E-state index < -0.39 is 11.7 Å². The molecule has 1 heterocycles. The zero-order chi connectivity index (χ0) is 13.9. The van der Waals surface area contributed by atoms with Crippen LogP contribution in [0.1, 0.15) is 11.3 Å². The Labute approximate surface area is 113 Å². The summed E-state index contributed by atoms with van der Waals surface area (Å²) in [6.45, 7) is 0.174. The first-order valence-corrected chi connectivity index (χ1v) is 5.86. The van der Waals surface area contributed by atoms with Gasteiger partial charge in [-0.25, -0.2) is 0 Å². The van der Waals surface area contributed by atoms with Crippen LogP contribution < -0.4 is 5.32 Å². The van der Waals surface area contributed by atoms with E-state index in [1.54, 1.807) is 24.4 Å². The Morgan fingerprint density at radius 3 is 2.53 bits per heavy atom. The molecule has 0 aliphatic rings. The Bertz CT molecular complexity index is 556. The topological polar surface area (TPSA) is 24.9 Å². The van der Waals surface area contributed by atoms with E-state index in [9.17, 15) is 13.2 Å². The molecule has 0 saturated heterocycles. The van der Waals surface area contributed by atoms with E-state index in [-0.39, 0.29) is 17.3 Å². The standard InChI is InChI=1S/C13H10ClF3N2/c14-11-6-3-5-10(13(15,16)17)12(11)19-8-9-4-1-2-7-18-9/h1-7,19H,8H2. The predicted octanol–water partition coefficient (Wildman–Crippen LogP) is 4.37. The van der Waals surface area contributed by atoms with E-state index >= 15 is 0 Å². The van der Waals surface area contributed by atoms with Crippen LogP contribution in [-0.4, -0.2) is 4.98 Å². The number of alkyl halides is 3. The maximum absolute atomic E-state index is 12.8. The number of halogens is 4. The average Bonchev–Trinajstić information content (AvgIpc) is 2.37. The lowest BCUT2D eigenvalue weighted by Gasteiger charge is -2.15. The van der Waals surface area contributed by atoms with Crippen LogP contribution >= 0.6 is 11.6 Å². The number of para-hydroxylation sites is 1. The van der Waals surface area contributed by atoms with Gasteiger partial charge in [-0.2, -0.15) is 13.2 Å². The van der Waals surface area contributed by atoms with E-state index in [2.05, 4.69) is 10.3 Å². The molecule has 1 aromatic heterocycles. The predicted molar refractivity (Wildman–Crippen MR) is 68.0 cm³/mol. The minimum absolute atomic E-state index is 0.0331. The number of nitrogens with one attached hydrogen (secondary N) is 1. The molecular weight excluding hydrogens is 277 g/mol. The molecule has 0 aliphatic carbocycles. The Hall–Kier alpha value is -1.75. The van der Waals surface area contributed by atoms with Crippen LogP contribution in [0.2, 0.25) is 5.02 Å². The Morgan fingerprint density at radius 2 is 1.89 bits per heavy atom. The van der Waals surface area contributed by atoms with Crippen molar-refractivity contribution >= 4 is 17.3 Å². The lowest BCUT2D eigenvalue weighted by Crippen LogP contribution is -2.11. The summed E-state index contributed by atoms with van der Waals surface area (Å²) in [5.41, 5.74) is -0.270. The summed E-state index contributed by atoms with van der Waals surface area (Å²) < 4.78 is 38.5. The summed E-state index contributed by atoms with van der Waals surface area (Å²) in [5.74, 6) is 0. The van der Waals surface area contributed by atoms with E-state index in [0.717, 1.165) is 6.07 Å². The first kappa shape index (κ1) is 13.7. The highest BCUT2D eigenvalue weighted by atomic mass is 35.5. The van der Waals surface area contributed by atoms with E-state index in [0.29, 0.717) is 5.69 Å². The van der Waals surface area contributed by atoms with Gasteiger partial charge in [0.25, 0.3) is 0 Å². The molecule has 6 heteroatoms. The first-order chi connectivity index (χ1) is 8.98. The Morgan fingerprint density at radius 1 is 1.11 bits per heavy atom. The highest BCUT2D eigenvalue weighted by molar-refractivity contribution is 6.33. The number of benzene rings is 1. The van der Waals surface area contributed by atoms with Gasteiger partial charge in [-0.3, -0.25) is 4.98 Å². The quantitative estimate of drug-likeness (QED) is 0.906. The monoisotopic (exact) mass is 286 g/mol. The lowest BCUT2D eigenvalue weighted by molar-refractivity contribution is -0.136. The number of aromatic nitrogens is 1. The summed E-state index contributed by atoms with van der Waals surface area (Å²) in [5, 5.41) is 2.72. The number of rotatable bonds is 3. The molecule has 2 rings (SSSR count). The zero-order valence-electron chi connectivity index (χ0n) is 9.71. The molecule has 0 aliphatic heterocycles. The number of hydrogen-bond donors (Lipinski definition) is 1. The molecule has 0 fully saturated rings. The van der Waals surface area contributed by atoms with Crippen molar-refractivity contribution in [1.82, 2.24) is 4.98 Å². The second-order valence-electron chi connectivity index (χ2n) is 3.83. The van der Waals surface area contributed by atoms with E-state index in [1.165, 1.54) is 12.1 Å². The van der Waals surface area contributed by atoms with Crippen LogP contribution in [0.4, 0.5) is 18.9 Å². The third-order valence-electron chi connectivity index (χ3n) is 2.49. The molecule has 0 atom stereocenters. The van der Waals surface area contributed by atoms with Gasteiger partial charge in [0.15, 0.2) is 0 Å². The zero-order valence-corrected chi connectivity index (χ0v) is 10.5. The lowest BCUT2D eigenvalue weighted by atomic mass is 10.1. The number of hydrogen-bond acceptors (Lipinski definition) is 2. The molecule has 2 nitrogen and oxygen atoms in total. The van der Waals surface area contributed by atoms with Crippen LogP contribution in [0.15, 0.2) is 42.6 Å². The van der Waals surface area contributed by atoms with Crippen molar-refractivity contribution < 1.29 is 13.2 Å². The maximum Gasteiger partial charge on any atom is 0.418 e. The van der Waals surface area contributed by atoms with Crippen LogP contribution in [0.5, 0.6) is 0 Å². The molecule has 0 bridgehead atoms. The number of nitrogens with zero attached hydrogens (tertiary/aromatic N) is 1. The van der Waals surface area contributed by atoms with Crippen molar-refractivity contribution in [1.29, 1.82) is 0 Å². The minimum atomic E-state index is -4.45. The molecule has 2 aromatic rings. The summed E-state index contributed by atoms with van der Waals surface area (Å²) in [4.78, 5) is 4.03. The van der Waals surface area contributed by atoms with Crippen molar-refractivity contribution in [3.05, 3.63) is 58.9 Å². The van der Waals surface area contributed by atoms with Crippen LogP contribution in [0.25, 0.3) is 0 Å². The van der Waals surface area contributed by atoms with Gasteiger partial charge >= 0.3 is 6.18 Å². The normalized spacial score (nSPS) is 11.4. The fraction of sp³-hybridized carbons (Fsp3) is 0.154. The van der Waals surface area contributed by atoms with Crippen LogP contribution in [0, 0.1) is 0 Å². The van der Waals surface area contributed by atoms with Crippen molar-refractivity contribution in [3.63, 3.8) is 0 Å². The van der Waals surface area contributed by atoms with Gasteiger partial charge in [0, 0.05) is 6.20 Å². The van der Waals surface area contributed by atoms with Gasteiger partial charge in [0.2, 0.25) is 0 Å². The number of pyridine rings is 1. The molecule has 0 saturated carbocycles. The Kier molecular flexibility index (Phi) is 3.95. The molecule has 1 N–H and O–H groups in total. The number of anilines is 1. The highest BCUT2D eigenvalue weighted by Gasteiger charge is 2.34. The minimum Gasteiger partial charge on any atom is -0.378 e. The van der Waals surface area contributed by atoms with E-state index in [1.807, 2.05) is 0 Å². The van der Waals surface area contributed by atoms with Gasteiger partial charge in [-0.15, -0.1) is 0 Å². The molecule has 0 amide bonds. The van der Waals surface area contributed by atoms with E-state index in [4.69, 9.17) is 11.6 Å². The summed E-state index contributed by atoms with van der Waals surface area (Å²) in [7, 11) is 0. The fourth-order valence-electron chi connectivity index (χ4n) is 1.62. The van der Waals surface area contributed by atoms with Crippen LogP contribution in [-0.2, 0) is 12.7 Å². The second-order valence-corrected chi connectivity index (χ2v) is 4.24. The van der Waals surface area contributed by atoms with Gasteiger partial charge < -0.3 is 5.32 Å². The third-order valence-corrected chi connectivity index (χ3v) is 2.81. The van der Waals surface area contributed by atoms with Gasteiger partial charge in [-0.1, -0.05) is 23.7 Å². The van der Waals surface area contributed by atoms with Gasteiger partial charge in [-0.05, 0) is 24.3 Å². The second kappa shape index (κ2) is 5.48. The largest absolute Gasteiger partial charge is 0.418 e. The highest BCUT2D eigenvalue weighted by Crippen LogP contribution is 2.38. The molecular formula is C13H10ClF3N2. The van der Waals surface area contributed by atoms with Crippen molar-refractivity contribution in [2.45, 2.75) is 12.7 Å². The SMILES string of the molecule is FC(F)(F)c1cccc(Cl)c1NCc1ccccn1. The van der Waals surface area contributed by atoms with Gasteiger partial charge in [0.1, 0.15) is 0 Å². The molecule has 100 valence electrons. The average molecular weight is 287 g/mol. The van der Waals surface area contributed by atoms with Crippen molar-refractivity contribution in [2.24, 2.45) is 0 Å². The first-order valence-electron chi connectivity index (χ1n) is 5.48. The smallest absolute Gasteiger partial charge is 0.378 e. The molecule has 0 unspecified atom stereocenters. The summed E-state index contributed by atoms with van der Waals surface area (Å²) in [6.07, 6.45) is -2.87. The van der Waals surface area contributed by atoms with Gasteiger partial charge in [0.05, 0.1) is 28.5 Å². The molecule has 0 radical (unpaired) electrons. The third kappa shape index (κ3) is 3.38. The Balaban J connectivity index is 2.25. The summed E-state index contributed by atoms with van der Waals surface area (Å²) >= 11 is 5.82. The van der Waals surface area contributed by atoms with Crippen molar-refractivity contribution in [2.75, 3.05) is 5.32 Å². The molecule has 19 heavy (non-hydrogen) atoms. The molecule has 1 aromatic carbocycles.